The quantitative estimate of drug-likeness (QED) is 0.938. The van der Waals surface area contributed by atoms with Gasteiger partial charge in [-0.2, -0.15) is 5.10 Å². The number of thiazole rings is 1. The summed E-state index contributed by atoms with van der Waals surface area (Å²) in [5.74, 6) is -0.900. The molecule has 21 heavy (non-hydrogen) atoms. The first-order valence-electron chi connectivity index (χ1n) is 7.01. The fourth-order valence-corrected chi connectivity index (χ4v) is 3.20. The standard InChI is InChI=1S/C15H21N3O2S/c1-6-7-10-11(14(19)20)21-13(16-10)9-8-18(5)17-12(9)15(2,3)4/h8H,6-7H2,1-5H3,(H,19,20). The molecule has 0 unspecified atom stereocenters. The highest BCUT2D eigenvalue weighted by Crippen LogP contribution is 2.35. The van der Waals surface area contributed by atoms with Gasteiger partial charge < -0.3 is 5.11 Å². The van der Waals surface area contributed by atoms with E-state index >= 15 is 0 Å². The van der Waals surface area contributed by atoms with E-state index < -0.39 is 5.97 Å². The number of aryl methyl sites for hydroxylation is 2. The maximum atomic E-state index is 11.4. The van der Waals surface area contributed by atoms with Crippen molar-refractivity contribution in [1.82, 2.24) is 14.8 Å². The summed E-state index contributed by atoms with van der Waals surface area (Å²) >= 11 is 1.24. The molecule has 0 spiro atoms. The third-order valence-corrected chi connectivity index (χ3v) is 4.27. The molecule has 0 aliphatic heterocycles. The zero-order chi connectivity index (χ0) is 15.8. The van der Waals surface area contributed by atoms with Crippen molar-refractivity contribution in [3.8, 4) is 10.6 Å². The van der Waals surface area contributed by atoms with Gasteiger partial charge >= 0.3 is 5.97 Å². The second-order valence-electron chi connectivity index (χ2n) is 6.17. The van der Waals surface area contributed by atoms with Crippen molar-refractivity contribution in [2.24, 2.45) is 7.05 Å². The van der Waals surface area contributed by atoms with Crippen molar-refractivity contribution in [2.75, 3.05) is 0 Å². The fraction of sp³-hybridized carbons (Fsp3) is 0.533. The average molecular weight is 307 g/mol. The van der Waals surface area contributed by atoms with E-state index in [9.17, 15) is 9.90 Å². The Morgan fingerprint density at radius 3 is 2.62 bits per heavy atom. The summed E-state index contributed by atoms with van der Waals surface area (Å²) in [7, 11) is 1.87. The maximum Gasteiger partial charge on any atom is 0.347 e. The molecule has 0 radical (unpaired) electrons. The molecule has 6 heteroatoms. The molecule has 2 aromatic heterocycles. The minimum Gasteiger partial charge on any atom is -0.477 e. The lowest BCUT2D eigenvalue weighted by Gasteiger charge is -2.16. The number of hydrogen-bond donors (Lipinski definition) is 1. The highest BCUT2D eigenvalue weighted by atomic mass is 32.1. The fourth-order valence-electron chi connectivity index (χ4n) is 2.24. The molecule has 1 N–H and O–H groups in total. The molecule has 0 bridgehead atoms. The zero-order valence-electron chi connectivity index (χ0n) is 13.1. The average Bonchev–Trinajstić information content (AvgIpc) is 2.92. The topological polar surface area (TPSA) is 68.0 Å². The van der Waals surface area contributed by atoms with Crippen molar-refractivity contribution in [3.05, 3.63) is 22.5 Å². The van der Waals surface area contributed by atoms with Crippen molar-refractivity contribution in [2.45, 2.75) is 46.0 Å². The van der Waals surface area contributed by atoms with Crippen molar-refractivity contribution in [3.63, 3.8) is 0 Å². The third-order valence-electron chi connectivity index (χ3n) is 3.15. The SMILES string of the molecule is CCCc1nc(-c2cn(C)nc2C(C)(C)C)sc1C(=O)O. The number of aromatic carboxylic acids is 1. The van der Waals surface area contributed by atoms with E-state index in [1.807, 2.05) is 20.2 Å². The summed E-state index contributed by atoms with van der Waals surface area (Å²) in [5.41, 5.74) is 2.43. The predicted molar refractivity (Wildman–Crippen MR) is 84.0 cm³/mol. The summed E-state index contributed by atoms with van der Waals surface area (Å²) < 4.78 is 1.76. The molecule has 2 aromatic rings. The van der Waals surface area contributed by atoms with Crippen LogP contribution in [0.1, 0.15) is 55.2 Å². The van der Waals surface area contributed by atoms with E-state index in [4.69, 9.17) is 0 Å². The summed E-state index contributed by atoms with van der Waals surface area (Å²) in [4.78, 5) is 16.3. The lowest BCUT2D eigenvalue weighted by Crippen LogP contribution is -2.13. The Bertz CT molecular complexity index is 665. The first-order valence-corrected chi connectivity index (χ1v) is 7.83. The van der Waals surface area contributed by atoms with Crippen molar-refractivity contribution >= 4 is 17.3 Å². The second kappa shape index (κ2) is 5.60. The summed E-state index contributed by atoms with van der Waals surface area (Å²) in [6.07, 6.45) is 3.48. The number of nitrogens with zero attached hydrogens (tertiary/aromatic N) is 3. The molecular weight excluding hydrogens is 286 g/mol. The Labute approximate surface area is 128 Å². The van der Waals surface area contributed by atoms with E-state index in [1.54, 1.807) is 4.68 Å². The number of carboxylic acid groups (broad SMARTS) is 1. The van der Waals surface area contributed by atoms with Crippen LogP contribution in [0, 0.1) is 0 Å². The van der Waals surface area contributed by atoms with Gasteiger partial charge in [0, 0.05) is 18.7 Å². The van der Waals surface area contributed by atoms with E-state index in [-0.39, 0.29) is 5.41 Å². The largest absolute Gasteiger partial charge is 0.477 e. The molecule has 0 saturated carbocycles. The highest BCUT2D eigenvalue weighted by Gasteiger charge is 2.26. The molecule has 5 nitrogen and oxygen atoms in total. The van der Waals surface area contributed by atoms with Crippen LogP contribution >= 0.6 is 11.3 Å². The predicted octanol–water partition coefficient (Wildman–Crippen LogP) is 3.49. The summed E-state index contributed by atoms with van der Waals surface area (Å²) in [6.45, 7) is 8.31. The number of rotatable bonds is 4. The van der Waals surface area contributed by atoms with Crippen molar-refractivity contribution in [1.29, 1.82) is 0 Å². The molecule has 0 aromatic carbocycles. The van der Waals surface area contributed by atoms with Gasteiger partial charge in [0.05, 0.1) is 17.0 Å². The maximum absolute atomic E-state index is 11.4. The van der Waals surface area contributed by atoms with Gasteiger partial charge in [-0.3, -0.25) is 4.68 Å². The van der Waals surface area contributed by atoms with Crippen molar-refractivity contribution < 1.29 is 9.90 Å². The van der Waals surface area contributed by atoms with Gasteiger partial charge in [0.1, 0.15) is 9.88 Å². The van der Waals surface area contributed by atoms with Crippen LogP contribution < -0.4 is 0 Å². The Morgan fingerprint density at radius 1 is 1.43 bits per heavy atom. The Hall–Kier alpha value is -1.69. The molecule has 0 amide bonds. The monoisotopic (exact) mass is 307 g/mol. The van der Waals surface area contributed by atoms with Crippen LogP contribution in [0.15, 0.2) is 6.20 Å². The molecule has 0 aliphatic rings. The van der Waals surface area contributed by atoms with Crippen LogP contribution in [0.3, 0.4) is 0 Å². The normalized spacial score (nSPS) is 11.9. The molecule has 0 aliphatic carbocycles. The lowest BCUT2D eigenvalue weighted by molar-refractivity contribution is 0.0700. The first-order chi connectivity index (χ1) is 9.74. The van der Waals surface area contributed by atoms with Crippen LogP contribution in [0.2, 0.25) is 0 Å². The molecule has 0 atom stereocenters. The summed E-state index contributed by atoms with van der Waals surface area (Å²) in [5, 5.41) is 14.6. The molecule has 0 saturated heterocycles. The van der Waals surface area contributed by atoms with Gasteiger partial charge in [-0.25, -0.2) is 9.78 Å². The Kier molecular flexibility index (Phi) is 4.18. The van der Waals surface area contributed by atoms with Crippen LogP contribution in [-0.2, 0) is 18.9 Å². The second-order valence-corrected chi connectivity index (χ2v) is 7.16. The number of hydrogen-bond acceptors (Lipinski definition) is 4. The third kappa shape index (κ3) is 3.15. The van der Waals surface area contributed by atoms with Gasteiger partial charge in [0.15, 0.2) is 0 Å². The van der Waals surface area contributed by atoms with Crippen LogP contribution in [-0.4, -0.2) is 25.8 Å². The van der Waals surface area contributed by atoms with E-state index in [1.165, 1.54) is 11.3 Å². The minimum atomic E-state index is -0.900. The molecule has 2 heterocycles. The van der Waals surface area contributed by atoms with Crippen LogP contribution in [0.25, 0.3) is 10.6 Å². The minimum absolute atomic E-state index is 0.115. The van der Waals surface area contributed by atoms with Gasteiger partial charge in [0.2, 0.25) is 0 Å². The molecule has 2 rings (SSSR count). The lowest BCUT2D eigenvalue weighted by atomic mass is 9.90. The molecule has 114 valence electrons. The smallest absolute Gasteiger partial charge is 0.347 e. The number of carbonyl (C=O) groups is 1. The van der Waals surface area contributed by atoms with Gasteiger partial charge in [-0.1, -0.05) is 34.1 Å². The van der Waals surface area contributed by atoms with Crippen LogP contribution in [0.4, 0.5) is 0 Å². The van der Waals surface area contributed by atoms with E-state index in [2.05, 4.69) is 30.9 Å². The van der Waals surface area contributed by atoms with E-state index in [0.29, 0.717) is 17.0 Å². The molecule has 0 fully saturated rings. The Balaban J connectivity index is 2.57. The highest BCUT2D eigenvalue weighted by molar-refractivity contribution is 7.17. The zero-order valence-corrected chi connectivity index (χ0v) is 13.9. The molecular formula is C15H21N3O2S. The summed E-state index contributed by atoms with van der Waals surface area (Å²) in [6, 6.07) is 0. The van der Waals surface area contributed by atoms with Gasteiger partial charge in [-0.15, -0.1) is 11.3 Å². The van der Waals surface area contributed by atoms with Gasteiger partial charge in [-0.05, 0) is 6.42 Å². The van der Waals surface area contributed by atoms with E-state index in [0.717, 1.165) is 22.7 Å². The van der Waals surface area contributed by atoms with Crippen LogP contribution in [0.5, 0.6) is 0 Å². The number of carboxylic acids is 1. The van der Waals surface area contributed by atoms with Gasteiger partial charge in [0.25, 0.3) is 0 Å². The number of aromatic nitrogens is 3. The first kappa shape index (κ1) is 15.7. The Morgan fingerprint density at radius 2 is 2.10 bits per heavy atom.